The van der Waals surface area contributed by atoms with E-state index in [-0.39, 0.29) is 12.6 Å². The first-order chi connectivity index (χ1) is 8.33. The molecule has 18 heavy (non-hydrogen) atoms. The molecular weight excluding hydrogens is 241 g/mol. The van der Waals surface area contributed by atoms with Crippen LogP contribution >= 0.6 is 0 Å². The molecule has 1 atom stereocenters. The Morgan fingerprint density at radius 3 is 2.22 bits per heavy atom. The molecule has 5 heteroatoms. The maximum absolute atomic E-state index is 12.1. The third kappa shape index (κ3) is 4.56. The van der Waals surface area contributed by atoms with Gasteiger partial charge in [0.05, 0.1) is 6.42 Å². The molecule has 0 aromatic heterocycles. The van der Waals surface area contributed by atoms with Crippen LogP contribution in [0.1, 0.15) is 31.4 Å². The van der Waals surface area contributed by atoms with Gasteiger partial charge in [0.15, 0.2) is 0 Å². The average Bonchev–Trinajstić information content (AvgIpc) is 2.34. The van der Waals surface area contributed by atoms with E-state index < -0.39 is 12.6 Å². The van der Waals surface area contributed by atoms with Crippen LogP contribution in [-0.2, 0) is 0 Å². The van der Waals surface area contributed by atoms with Gasteiger partial charge in [-0.2, -0.15) is 13.2 Å². The summed E-state index contributed by atoms with van der Waals surface area (Å²) in [5.41, 5.74) is 7.65. The number of alkyl halides is 3. The van der Waals surface area contributed by atoms with Crippen LogP contribution in [0.25, 0.3) is 0 Å². The lowest BCUT2D eigenvalue weighted by Gasteiger charge is -2.21. The molecule has 0 spiro atoms. The lowest BCUT2D eigenvalue weighted by Crippen LogP contribution is -2.24. The van der Waals surface area contributed by atoms with Crippen LogP contribution in [0.5, 0.6) is 0 Å². The third-order valence-corrected chi connectivity index (χ3v) is 2.93. The number of nitrogens with zero attached hydrogens (tertiary/aromatic N) is 1. The Morgan fingerprint density at radius 2 is 1.78 bits per heavy atom. The average molecular weight is 260 g/mol. The maximum atomic E-state index is 12.1. The second-order valence-electron chi connectivity index (χ2n) is 4.39. The standard InChI is InChI=1S/C13H19F3N2/c1-3-12(17)10-4-6-11(7-5-10)18(2)9-8-13(14,15)16/h4-7,12H,3,8-9,17H2,1-2H3/t12-/m0/s1. The fourth-order valence-electron chi connectivity index (χ4n) is 1.64. The highest BCUT2D eigenvalue weighted by Crippen LogP contribution is 2.23. The fourth-order valence-corrected chi connectivity index (χ4v) is 1.64. The maximum Gasteiger partial charge on any atom is 0.390 e. The molecule has 1 aromatic rings. The summed E-state index contributed by atoms with van der Waals surface area (Å²) in [6, 6.07) is 7.34. The number of halogens is 3. The highest BCUT2D eigenvalue weighted by molar-refractivity contribution is 5.47. The first-order valence-corrected chi connectivity index (χ1v) is 5.97. The largest absolute Gasteiger partial charge is 0.390 e. The van der Waals surface area contributed by atoms with E-state index in [1.807, 2.05) is 19.1 Å². The summed E-state index contributed by atoms with van der Waals surface area (Å²) in [6.07, 6.45) is -4.08. The SMILES string of the molecule is CC[C@H](N)c1ccc(N(C)CCC(F)(F)F)cc1. The minimum Gasteiger partial charge on any atom is -0.374 e. The summed E-state index contributed by atoms with van der Waals surface area (Å²) >= 11 is 0. The molecule has 2 nitrogen and oxygen atoms in total. The molecule has 0 aliphatic rings. The molecule has 0 saturated heterocycles. The van der Waals surface area contributed by atoms with Gasteiger partial charge in [0.1, 0.15) is 0 Å². The lowest BCUT2D eigenvalue weighted by molar-refractivity contribution is -0.132. The van der Waals surface area contributed by atoms with Gasteiger partial charge in [-0.1, -0.05) is 19.1 Å². The number of hydrogen-bond acceptors (Lipinski definition) is 2. The van der Waals surface area contributed by atoms with Crippen molar-refractivity contribution in [1.29, 1.82) is 0 Å². The topological polar surface area (TPSA) is 29.3 Å². The third-order valence-electron chi connectivity index (χ3n) is 2.93. The smallest absolute Gasteiger partial charge is 0.374 e. The molecule has 0 aliphatic heterocycles. The van der Waals surface area contributed by atoms with E-state index >= 15 is 0 Å². The van der Waals surface area contributed by atoms with Crippen molar-refractivity contribution in [2.45, 2.75) is 32.0 Å². The van der Waals surface area contributed by atoms with E-state index in [9.17, 15) is 13.2 Å². The number of rotatable bonds is 5. The molecule has 0 bridgehead atoms. The van der Waals surface area contributed by atoms with Gasteiger partial charge in [-0.15, -0.1) is 0 Å². The van der Waals surface area contributed by atoms with Crippen molar-refractivity contribution < 1.29 is 13.2 Å². The summed E-state index contributed by atoms with van der Waals surface area (Å²) in [4.78, 5) is 1.59. The minimum atomic E-state index is -4.11. The van der Waals surface area contributed by atoms with Crippen LogP contribution in [0.2, 0.25) is 0 Å². The summed E-state index contributed by atoms with van der Waals surface area (Å²) in [5, 5.41) is 0. The minimum absolute atomic E-state index is 0.0143. The van der Waals surface area contributed by atoms with Gasteiger partial charge < -0.3 is 10.6 Å². The van der Waals surface area contributed by atoms with Gasteiger partial charge in [0.25, 0.3) is 0 Å². The molecule has 2 N–H and O–H groups in total. The normalized spacial score (nSPS) is 13.4. The van der Waals surface area contributed by atoms with Crippen molar-refractivity contribution in [3.8, 4) is 0 Å². The highest BCUT2D eigenvalue weighted by atomic mass is 19.4. The molecule has 1 aromatic carbocycles. The number of benzene rings is 1. The van der Waals surface area contributed by atoms with Gasteiger partial charge in [-0.3, -0.25) is 0 Å². The quantitative estimate of drug-likeness (QED) is 0.878. The van der Waals surface area contributed by atoms with Crippen LogP contribution in [-0.4, -0.2) is 19.8 Å². The summed E-state index contributed by atoms with van der Waals surface area (Å²) in [5.74, 6) is 0. The molecule has 0 saturated carbocycles. The molecule has 0 aliphatic carbocycles. The Labute approximate surface area is 106 Å². The van der Waals surface area contributed by atoms with Gasteiger partial charge in [0.2, 0.25) is 0 Å². The number of anilines is 1. The molecule has 1 rings (SSSR count). The van der Waals surface area contributed by atoms with Crippen LogP contribution < -0.4 is 10.6 Å². The number of hydrogen-bond donors (Lipinski definition) is 1. The number of nitrogens with two attached hydrogens (primary N) is 1. The molecule has 0 amide bonds. The first kappa shape index (κ1) is 14.8. The van der Waals surface area contributed by atoms with Crippen LogP contribution in [0, 0.1) is 0 Å². The van der Waals surface area contributed by atoms with Crippen LogP contribution in [0.15, 0.2) is 24.3 Å². The summed E-state index contributed by atoms with van der Waals surface area (Å²) in [6.45, 7) is 1.96. The zero-order chi connectivity index (χ0) is 13.8. The first-order valence-electron chi connectivity index (χ1n) is 5.97. The van der Waals surface area contributed by atoms with Crippen molar-refractivity contribution >= 4 is 5.69 Å². The lowest BCUT2D eigenvalue weighted by atomic mass is 10.1. The van der Waals surface area contributed by atoms with Gasteiger partial charge in [-0.05, 0) is 24.1 Å². The van der Waals surface area contributed by atoms with Crippen molar-refractivity contribution in [3.05, 3.63) is 29.8 Å². The van der Waals surface area contributed by atoms with E-state index in [1.54, 1.807) is 24.1 Å². The summed E-state index contributed by atoms with van der Waals surface area (Å²) < 4.78 is 36.3. The Balaban J connectivity index is 2.62. The van der Waals surface area contributed by atoms with E-state index in [0.717, 1.165) is 17.7 Å². The van der Waals surface area contributed by atoms with Crippen molar-refractivity contribution in [2.24, 2.45) is 5.73 Å². The van der Waals surface area contributed by atoms with Crippen molar-refractivity contribution in [1.82, 2.24) is 0 Å². The Hall–Kier alpha value is -1.23. The van der Waals surface area contributed by atoms with E-state index in [1.165, 1.54) is 0 Å². The Kier molecular flexibility index (Phi) is 5.02. The van der Waals surface area contributed by atoms with E-state index in [4.69, 9.17) is 5.73 Å². The molecule has 102 valence electrons. The van der Waals surface area contributed by atoms with Crippen LogP contribution in [0.3, 0.4) is 0 Å². The monoisotopic (exact) mass is 260 g/mol. The zero-order valence-corrected chi connectivity index (χ0v) is 10.7. The predicted octanol–water partition coefficient (Wildman–Crippen LogP) is 3.49. The van der Waals surface area contributed by atoms with Gasteiger partial charge in [-0.25, -0.2) is 0 Å². The molecule has 0 unspecified atom stereocenters. The fraction of sp³-hybridized carbons (Fsp3) is 0.538. The molecular formula is C13H19F3N2. The Bertz CT molecular complexity index is 359. The molecule has 0 radical (unpaired) electrons. The van der Waals surface area contributed by atoms with Crippen LogP contribution in [0.4, 0.5) is 18.9 Å². The molecule has 0 heterocycles. The van der Waals surface area contributed by atoms with E-state index in [0.29, 0.717) is 0 Å². The summed E-state index contributed by atoms with van der Waals surface area (Å²) in [7, 11) is 1.65. The Morgan fingerprint density at radius 1 is 1.22 bits per heavy atom. The van der Waals surface area contributed by atoms with Crippen molar-refractivity contribution in [2.75, 3.05) is 18.5 Å². The molecule has 0 fully saturated rings. The van der Waals surface area contributed by atoms with Gasteiger partial charge in [0, 0.05) is 25.3 Å². The highest BCUT2D eigenvalue weighted by Gasteiger charge is 2.27. The second kappa shape index (κ2) is 6.09. The second-order valence-corrected chi connectivity index (χ2v) is 4.39. The van der Waals surface area contributed by atoms with E-state index in [2.05, 4.69) is 0 Å². The zero-order valence-electron chi connectivity index (χ0n) is 10.7. The predicted molar refractivity (Wildman–Crippen MR) is 67.6 cm³/mol. The van der Waals surface area contributed by atoms with Gasteiger partial charge >= 0.3 is 6.18 Å². The van der Waals surface area contributed by atoms with Crippen molar-refractivity contribution in [3.63, 3.8) is 0 Å².